The minimum absolute atomic E-state index is 0.0470. The molecule has 0 aliphatic heterocycles. The predicted octanol–water partition coefficient (Wildman–Crippen LogP) is 3.54. The van der Waals surface area contributed by atoms with Gasteiger partial charge < -0.3 is 15.4 Å². The van der Waals surface area contributed by atoms with Gasteiger partial charge in [0.1, 0.15) is 5.75 Å². The molecule has 0 saturated heterocycles. The largest absolute Gasteiger partial charge is 0.497 e. The quantitative estimate of drug-likeness (QED) is 0.844. The zero-order valence-corrected chi connectivity index (χ0v) is 11.8. The van der Waals surface area contributed by atoms with Crippen molar-refractivity contribution in [1.82, 2.24) is 0 Å². The summed E-state index contributed by atoms with van der Waals surface area (Å²) >= 11 is 0. The number of hydrogen-bond acceptors (Lipinski definition) is 3. The number of benzene rings is 2. The van der Waals surface area contributed by atoms with Crippen LogP contribution in [0.1, 0.15) is 17.3 Å². The number of anilines is 2. The Morgan fingerprint density at radius 2 is 1.62 bits per heavy atom. The molecule has 0 unspecified atom stereocenters. The van der Waals surface area contributed by atoms with Crippen molar-refractivity contribution in [2.75, 3.05) is 17.7 Å². The van der Waals surface area contributed by atoms with Crippen molar-refractivity contribution in [3.05, 3.63) is 54.1 Å². The molecule has 0 radical (unpaired) electrons. The normalized spacial score (nSPS) is 9.81. The van der Waals surface area contributed by atoms with E-state index >= 15 is 0 Å². The highest BCUT2D eigenvalue weighted by Crippen LogP contribution is 2.16. The molecule has 2 N–H and O–H groups in total. The van der Waals surface area contributed by atoms with Crippen molar-refractivity contribution in [2.45, 2.75) is 6.92 Å². The Bertz CT molecular complexity index is 651. The van der Waals surface area contributed by atoms with Crippen LogP contribution in [-0.4, -0.2) is 18.9 Å². The summed E-state index contributed by atoms with van der Waals surface area (Å²) in [5, 5.41) is 5.38. The lowest BCUT2D eigenvalue weighted by Gasteiger charge is -2.09. The first kappa shape index (κ1) is 14.6. The highest BCUT2D eigenvalue weighted by Gasteiger charge is 2.05. The van der Waals surface area contributed by atoms with Crippen LogP contribution in [0.2, 0.25) is 0 Å². The first-order valence-electron chi connectivity index (χ1n) is 6.41. The molecule has 0 aromatic heterocycles. The van der Waals surface area contributed by atoms with E-state index in [9.17, 15) is 9.59 Å². The van der Waals surface area contributed by atoms with E-state index in [2.05, 4.69) is 10.6 Å². The molecule has 5 nitrogen and oxygen atoms in total. The number of ketones is 1. The number of carbonyl (C=O) groups excluding carboxylic acids is 2. The second-order valence-electron chi connectivity index (χ2n) is 4.44. The fraction of sp³-hybridized carbons (Fsp3) is 0.125. The predicted molar refractivity (Wildman–Crippen MR) is 82.1 cm³/mol. The summed E-state index contributed by atoms with van der Waals surface area (Å²) < 4.78 is 5.05. The Labute approximate surface area is 122 Å². The molecule has 0 bridgehead atoms. The summed E-state index contributed by atoms with van der Waals surface area (Å²) in [4.78, 5) is 23.2. The summed E-state index contributed by atoms with van der Waals surface area (Å²) in [6.45, 7) is 1.48. The van der Waals surface area contributed by atoms with Crippen LogP contribution in [0.5, 0.6) is 5.75 Å². The van der Waals surface area contributed by atoms with Crippen LogP contribution in [0.15, 0.2) is 48.5 Å². The molecule has 0 heterocycles. The summed E-state index contributed by atoms with van der Waals surface area (Å²) in [7, 11) is 1.58. The number of Topliss-reactive ketones (excluding diaryl/α,β-unsaturated/α-hetero) is 1. The zero-order valence-electron chi connectivity index (χ0n) is 11.8. The number of amides is 2. The lowest BCUT2D eigenvalue weighted by Crippen LogP contribution is -2.19. The molecule has 5 heteroatoms. The highest BCUT2D eigenvalue weighted by atomic mass is 16.5. The summed E-state index contributed by atoms with van der Waals surface area (Å²) in [6, 6.07) is 13.4. The molecule has 108 valence electrons. The molecule has 0 aliphatic rings. The van der Waals surface area contributed by atoms with Crippen LogP contribution < -0.4 is 15.4 Å². The van der Waals surface area contributed by atoms with Crippen molar-refractivity contribution in [3.63, 3.8) is 0 Å². The summed E-state index contributed by atoms with van der Waals surface area (Å²) in [6.07, 6.45) is 0. The van der Waals surface area contributed by atoms with Crippen molar-refractivity contribution in [3.8, 4) is 5.75 Å². The second-order valence-corrected chi connectivity index (χ2v) is 4.44. The van der Waals surface area contributed by atoms with Gasteiger partial charge in [0.05, 0.1) is 7.11 Å². The fourth-order valence-corrected chi connectivity index (χ4v) is 1.78. The molecule has 0 saturated carbocycles. The topological polar surface area (TPSA) is 67.4 Å². The van der Waals surface area contributed by atoms with E-state index in [0.29, 0.717) is 16.9 Å². The lowest BCUT2D eigenvalue weighted by molar-refractivity contribution is 0.101. The van der Waals surface area contributed by atoms with Crippen LogP contribution in [0.3, 0.4) is 0 Å². The van der Waals surface area contributed by atoms with Gasteiger partial charge in [-0.2, -0.15) is 0 Å². The molecule has 2 aromatic carbocycles. The molecule has 0 fully saturated rings. The average molecular weight is 284 g/mol. The van der Waals surface area contributed by atoms with Gasteiger partial charge in [-0.15, -0.1) is 0 Å². The Morgan fingerprint density at radius 1 is 0.952 bits per heavy atom. The highest BCUT2D eigenvalue weighted by molar-refractivity contribution is 6.01. The number of carbonyl (C=O) groups is 2. The van der Waals surface area contributed by atoms with Gasteiger partial charge in [-0.1, -0.05) is 12.1 Å². The number of ether oxygens (including phenoxy) is 1. The molecule has 21 heavy (non-hydrogen) atoms. The monoisotopic (exact) mass is 284 g/mol. The molecule has 0 aliphatic carbocycles. The minimum Gasteiger partial charge on any atom is -0.497 e. The lowest BCUT2D eigenvalue weighted by atomic mass is 10.1. The molecule has 2 rings (SSSR count). The third-order valence-corrected chi connectivity index (χ3v) is 2.87. The van der Waals surface area contributed by atoms with Gasteiger partial charge in [0.15, 0.2) is 5.78 Å². The third-order valence-electron chi connectivity index (χ3n) is 2.87. The number of nitrogens with one attached hydrogen (secondary N) is 2. The summed E-state index contributed by atoms with van der Waals surface area (Å²) in [5.74, 6) is 0.671. The second kappa shape index (κ2) is 6.56. The molecule has 2 amide bonds. The van der Waals surface area contributed by atoms with Crippen LogP contribution in [0, 0.1) is 0 Å². The van der Waals surface area contributed by atoms with Crippen molar-refractivity contribution >= 4 is 23.2 Å². The van der Waals surface area contributed by atoms with Crippen LogP contribution >= 0.6 is 0 Å². The molecule has 0 spiro atoms. The van der Waals surface area contributed by atoms with Gasteiger partial charge in [0.2, 0.25) is 0 Å². The van der Waals surface area contributed by atoms with Gasteiger partial charge in [-0.05, 0) is 43.3 Å². The van der Waals surface area contributed by atoms with Crippen molar-refractivity contribution in [2.24, 2.45) is 0 Å². The maximum absolute atomic E-state index is 11.9. The maximum Gasteiger partial charge on any atom is 0.323 e. The van der Waals surface area contributed by atoms with Crippen LogP contribution in [-0.2, 0) is 0 Å². The van der Waals surface area contributed by atoms with Gasteiger partial charge in [0, 0.05) is 16.9 Å². The molecular weight excluding hydrogens is 268 g/mol. The average Bonchev–Trinajstić information content (AvgIpc) is 2.48. The van der Waals surface area contributed by atoms with Crippen LogP contribution in [0.4, 0.5) is 16.2 Å². The number of hydrogen-bond donors (Lipinski definition) is 2. The van der Waals surface area contributed by atoms with E-state index in [0.717, 1.165) is 5.75 Å². The smallest absolute Gasteiger partial charge is 0.323 e. The van der Waals surface area contributed by atoms with Crippen LogP contribution in [0.25, 0.3) is 0 Å². The zero-order chi connectivity index (χ0) is 15.2. The first-order chi connectivity index (χ1) is 10.1. The fourth-order valence-electron chi connectivity index (χ4n) is 1.78. The Morgan fingerprint density at radius 3 is 2.24 bits per heavy atom. The molecule has 2 aromatic rings. The SMILES string of the molecule is COc1ccc(NC(=O)Nc2cccc(C(C)=O)c2)cc1. The van der Waals surface area contributed by atoms with E-state index in [4.69, 9.17) is 4.74 Å². The third kappa shape index (κ3) is 4.07. The number of rotatable bonds is 4. The van der Waals surface area contributed by atoms with E-state index in [-0.39, 0.29) is 11.8 Å². The van der Waals surface area contributed by atoms with E-state index in [1.54, 1.807) is 55.6 Å². The summed E-state index contributed by atoms with van der Waals surface area (Å²) in [5.41, 5.74) is 1.77. The Balaban J connectivity index is 2.00. The minimum atomic E-state index is -0.374. The van der Waals surface area contributed by atoms with Gasteiger partial charge in [-0.3, -0.25) is 4.79 Å². The van der Waals surface area contributed by atoms with E-state index in [1.165, 1.54) is 6.92 Å². The van der Waals surface area contributed by atoms with Gasteiger partial charge in [0.25, 0.3) is 0 Å². The number of methoxy groups -OCH3 is 1. The van der Waals surface area contributed by atoms with E-state index in [1.807, 2.05) is 0 Å². The molecular formula is C16H16N2O3. The number of urea groups is 1. The van der Waals surface area contributed by atoms with Crippen molar-refractivity contribution in [1.29, 1.82) is 0 Å². The van der Waals surface area contributed by atoms with Gasteiger partial charge in [-0.25, -0.2) is 4.79 Å². The maximum atomic E-state index is 11.9. The van der Waals surface area contributed by atoms with Crippen molar-refractivity contribution < 1.29 is 14.3 Å². The standard InChI is InChI=1S/C16H16N2O3/c1-11(19)12-4-3-5-14(10-12)18-16(20)17-13-6-8-15(21-2)9-7-13/h3-10H,1-2H3,(H2,17,18,20). The Kier molecular flexibility index (Phi) is 4.56. The van der Waals surface area contributed by atoms with E-state index < -0.39 is 0 Å². The molecule has 0 atom stereocenters. The first-order valence-corrected chi connectivity index (χ1v) is 6.41. The Hall–Kier alpha value is -2.82. The van der Waals surface area contributed by atoms with Gasteiger partial charge >= 0.3 is 6.03 Å².